The molecular formula is C18H17ClFN3NaO6PS. The van der Waals surface area contributed by atoms with E-state index < -0.39 is 23.6 Å². The third-order valence-electron chi connectivity index (χ3n) is 4.23. The van der Waals surface area contributed by atoms with Crippen molar-refractivity contribution >= 4 is 29.4 Å². The second-order valence-corrected chi connectivity index (χ2v) is 10.1. The zero-order chi connectivity index (χ0) is 22.8. The maximum atomic E-state index is 14.2. The minimum Gasteiger partial charge on any atom is -0.494 e. The molecular weight excluding hydrogens is 495 g/mol. The third kappa shape index (κ3) is 5.61. The molecule has 0 bridgehead atoms. The summed E-state index contributed by atoms with van der Waals surface area (Å²) >= 11 is 6.21. The Kier molecular flexibility index (Phi) is 9.08. The van der Waals surface area contributed by atoms with E-state index in [9.17, 15) is 17.4 Å². The molecule has 3 aromatic rings. The van der Waals surface area contributed by atoms with Crippen LogP contribution in [-0.4, -0.2) is 39.3 Å². The first-order valence-electron chi connectivity index (χ1n) is 8.52. The molecule has 32 heavy (non-hydrogen) atoms. The molecule has 0 aliphatic heterocycles. The van der Waals surface area contributed by atoms with Crippen LogP contribution >= 0.6 is 19.3 Å². The summed E-state index contributed by atoms with van der Waals surface area (Å²) in [6.45, 7) is 0. The van der Waals surface area contributed by atoms with Gasteiger partial charge in [0.15, 0.2) is 16.7 Å². The SMILES string of the molecule is COc1ccc(-c2c(Cl)ncn2-c2ccc(S(=O)(=O)[N-]P(=O)(OC)OC)cc2)cc1F.[Na+]. The standard InChI is InChI=1S/C18H17ClFN3O6PS.Na/c1-27-16-9-4-12(10-15(16)20)17-18(19)21-11-23(17)13-5-7-14(8-6-13)31(25,26)22-30(24,28-2)29-3;/h4-11H,1-3H3;/q-1;+1. The van der Waals surface area contributed by atoms with Crippen molar-refractivity contribution in [1.29, 1.82) is 0 Å². The van der Waals surface area contributed by atoms with Crippen LogP contribution in [0.15, 0.2) is 53.7 Å². The summed E-state index contributed by atoms with van der Waals surface area (Å²) in [5.41, 5.74) is 1.33. The van der Waals surface area contributed by atoms with Crippen LogP contribution in [0.5, 0.6) is 5.75 Å². The van der Waals surface area contributed by atoms with Gasteiger partial charge in [0.2, 0.25) is 0 Å². The first-order chi connectivity index (χ1) is 14.6. The molecule has 9 nitrogen and oxygen atoms in total. The summed E-state index contributed by atoms with van der Waals surface area (Å²) in [6, 6.07) is 9.78. The Bertz CT molecular complexity index is 1250. The van der Waals surface area contributed by atoms with Crippen LogP contribution in [0.25, 0.3) is 21.4 Å². The van der Waals surface area contributed by atoms with Gasteiger partial charge in [-0.15, -0.1) is 0 Å². The molecule has 0 fully saturated rings. The second-order valence-electron chi connectivity index (χ2n) is 5.99. The van der Waals surface area contributed by atoms with Gasteiger partial charge in [0.1, 0.15) is 16.4 Å². The number of rotatable bonds is 8. The molecule has 0 amide bonds. The predicted octanol–water partition coefficient (Wildman–Crippen LogP) is 1.81. The zero-order valence-electron chi connectivity index (χ0n) is 17.5. The molecule has 14 heteroatoms. The van der Waals surface area contributed by atoms with Crippen molar-refractivity contribution in [3.63, 3.8) is 0 Å². The summed E-state index contributed by atoms with van der Waals surface area (Å²) in [5.74, 6) is -0.499. The van der Waals surface area contributed by atoms with E-state index in [1.54, 1.807) is 10.6 Å². The topological polar surface area (TPSA) is 111 Å². The Morgan fingerprint density at radius 1 is 1.09 bits per heavy atom. The Balaban J connectivity index is 0.00000363. The van der Waals surface area contributed by atoms with Crippen molar-refractivity contribution in [1.82, 2.24) is 9.55 Å². The fraction of sp³-hybridized carbons (Fsp3) is 0.167. The average molecular weight is 512 g/mol. The number of sulfonamides is 1. The number of methoxy groups -OCH3 is 1. The number of benzene rings is 2. The quantitative estimate of drug-likeness (QED) is 0.335. The van der Waals surface area contributed by atoms with Crippen molar-refractivity contribution in [3.8, 4) is 22.7 Å². The maximum Gasteiger partial charge on any atom is 1.00 e. The number of halogens is 2. The molecule has 0 radical (unpaired) electrons. The fourth-order valence-electron chi connectivity index (χ4n) is 2.69. The summed E-state index contributed by atoms with van der Waals surface area (Å²) in [6.07, 6.45) is 1.41. The first kappa shape index (κ1) is 27.0. The second kappa shape index (κ2) is 10.8. The Hall–Kier alpha value is -1.27. The largest absolute Gasteiger partial charge is 1.00 e. The Morgan fingerprint density at radius 2 is 1.72 bits per heavy atom. The molecule has 0 aliphatic carbocycles. The summed E-state index contributed by atoms with van der Waals surface area (Å²) < 4.78 is 69.9. The summed E-state index contributed by atoms with van der Waals surface area (Å²) in [5, 5.41) is 0.123. The van der Waals surface area contributed by atoms with E-state index in [1.165, 1.54) is 49.8 Å². The van der Waals surface area contributed by atoms with E-state index in [1.807, 2.05) is 0 Å². The van der Waals surface area contributed by atoms with Gasteiger partial charge in [-0.2, -0.15) is 0 Å². The van der Waals surface area contributed by atoms with E-state index in [0.29, 0.717) is 16.9 Å². The molecule has 0 saturated carbocycles. The van der Waals surface area contributed by atoms with Gasteiger partial charge in [0.25, 0.3) is 7.75 Å². The van der Waals surface area contributed by atoms with Gasteiger partial charge >= 0.3 is 29.6 Å². The fourth-order valence-corrected chi connectivity index (χ4v) is 5.53. The van der Waals surface area contributed by atoms with E-state index in [2.05, 4.69) is 18.5 Å². The first-order valence-corrected chi connectivity index (χ1v) is 11.8. The number of ether oxygens (including phenoxy) is 1. The molecule has 0 spiro atoms. The van der Waals surface area contributed by atoms with Gasteiger partial charge < -0.3 is 18.3 Å². The Labute approximate surface area is 211 Å². The van der Waals surface area contributed by atoms with Crippen molar-refractivity contribution in [2.24, 2.45) is 0 Å². The van der Waals surface area contributed by atoms with Crippen molar-refractivity contribution < 1.29 is 60.7 Å². The maximum absolute atomic E-state index is 14.2. The van der Waals surface area contributed by atoms with Crippen LogP contribution in [-0.2, 0) is 23.6 Å². The van der Waals surface area contributed by atoms with Crippen LogP contribution in [0.3, 0.4) is 0 Å². The normalized spacial score (nSPS) is 11.8. The van der Waals surface area contributed by atoms with Crippen LogP contribution in [0, 0.1) is 5.82 Å². The van der Waals surface area contributed by atoms with Crippen LogP contribution in [0.2, 0.25) is 5.15 Å². The summed E-state index contributed by atoms with van der Waals surface area (Å²) in [4.78, 5) is 3.82. The summed E-state index contributed by atoms with van der Waals surface area (Å²) in [7, 11) is -5.04. The molecule has 166 valence electrons. The minimum atomic E-state index is -4.31. The van der Waals surface area contributed by atoms with E-state index >= 15 is 0 Å². The molecule has 0 saturated heterocycles. The van der Waals surface area contributed by atoms with Crippen LogP contribution < -0.4 is 34.3 Å². The number of imidazole rings is 1. The smallest absolute Gasteiger partial charge is 0.494 e. The van der Waals surface area contributed by atoms with Crippen molar-refractivity contribution in [2.45, 2.75) is 4.90 Å². The molecule has 0 atom stereocenters. The number of hydrogen-bond acceptors (Lipinski definition) is 7. The molecule has 0 unspecified atom stereocenters. The van der Waals surface area contributed by atoms with Gasteiger partial charge in [-0.25, -0.2) is 17.8 Å². The number of nitrogens with zero attached hydrogens (tertiary/aromatic N) is 3. The van der Waals surface area contributed by atoms with E-state index in [-0.39, 0.29) is 45.4 Å². The van der Waals surface area contributed by atoms with Crippen molar-refractivity contribution in [3.05, 3.63) is 64.3 Å². The molecule has 1 heterocycles. The van der Waals surface area contributed by atoms with Crippen LogP contribution in [0.1, 0.15) is 0 Å². The van der Waals surface area contributed by atoms with Gasteiger partial charge in [-0.05, 0) is 42.5 Å². The number of hydrogen-bond donors (Lipinski definition) is 0. The van der Waals surface area contributed by atoms with Crippen LogP contribution in [0.4, 0.5) is 4.39 Å². The average Bonchev–Trinajstić information content (AvgIpc) is 3.14. The van der Waals surface area contributed by atoms with Gasteiger partial charge in [-0.3, -0.25) is 9.13 Å². The van der Waals surface area contributed by atoms with Gasteiger partial charge in [0.05, 0.1) is 12.8 Å². The number of aromatic nitrogens is 2. The third-order valence-corrected chi connectivity index (χ3v) is 7.96. The van der Waals surface area contributed by atoms with Gasteiger partial charge in [-0.1, -0.05) is 11.6 Å². The monoisotopic (exact) mass is 511 g/mol. The van der Waals surface area contributed by atoms with E-state index in [4.69, 9.17) is 16.3 Å². The molecule has 0 aliphatic rings. The van der Waals surface area contributed by atoms with Gasteiger partial charge in [0, 0.05) is 30.4 Å². The molecule has 3 rings (SSSR count). The van der Waals surface area contributed by atoms with Crippen molar-refractivity contribution in [2.75, 3.05) is 21.3 Å². The van der Waals surface area contributed by atoms with E-state index in [0.717, 1.165) is 14.2 Å². The predicted molar refractivity (Wildman–Crippen MR) is 113 cm³/mol. The Morgan fingerprint density at radius 3 is 2.25 bits per heavy atom. The minimum absolute atomic E-state index is 0. The molecule has 1 aromatic heterocycles. The zero-order valence-corrected chi connectivity index (χ0v) is 22.0. The molecule has 2 aromatic carbocycles. The molecule has 0 N–H and O–H groups in total.